The first-order valence-corrected chi connectivity index (χ1v) is 8.20. The van der Waals surface area contributed by atoms with E-state index in [2.05, 4.69) is 31.6 Å². The summed E-state index contributed by atoms with van der Waals surface area (Å²) in [6.07, 6.45) is 0. The molecule has 8 heteroatoms. The minimum atomic E-state index is -0.435. The molecule has 1 heterocycles. The monoisotopic (exact) mass is 405 g/mol. The van der Waals surface area contributed by atoms with Crippen LogP contribution in [0.15, 0.2) is 53.0 Å². The molecule has 3 N–H and O–H groups in total. The molecule has 1 amide bonds. The molecule has 0 aliphatic rings. The zero-order valence-electron chi connectivity index (χ0n) is 12.4. The quantitative estimate of drug-likeness (QED) is 0.693. The number of nitrogen functional groups attached to an aromatic ring is 1. The molecule has 0 saturated carbocycles. The number of hydrogen-bond donors (Lipinski definition) is 2. The number of nitrogens with two attached hydrogens (primary N) is 1. The molecule has 0 radical (unpaired) electrons. The van der Waals surface area contributed by atoms with Gasteiger partial charge in [0.25, 0.3) is 5.91 Å². The van der Waals surface area contributed by atoms with Gasteiger partial charge in [-0.2, -0.15) is 0 Å². The predicted molar refractivity (Wildman–Crippen MR) is 97.1 cm³/mol. The Balaban J connectivity index is 1.78. The summed E-state index contributed by atoms with van der Waals surface area (Å²) in [5.74, 6) is -0.232. The normalized spacial score (nSPS) is 10.6. The molecule has 0 atom stereocenters. The zero-order valence-corrected chi connectivity index (χ0v) is 14.8. The number of halogens is 2. The second-order valence-electron chi connectivity index (χ2n) is 5.08. The minimum Gasteiger partial charge on any atom is -0.382 e. The van der Waals surface area contributed by atoms with Crippen LogP contribution in [0.4, 0.5) is 11.5 Å². The van der Waals surface area contributed by atoms with Crippen LogP contribution < -0.4 is 11.1 Å². The molecule has 0 spiro atoms. The maximum absolute atomic E-state index is 12.3. The van der Waals surface area contributed by atoms with E-state index in [0.717, 1.165) is 10.0 Å². The van der Waals surface area contributed by atoms with Crippen molar-refractivity contribution in [3.63, 3.8) is 0 Å². The van der Waals surface area contributed by atoms with E-state index >= 15 is 0 Å². The summed E-state index contributed by atoms with van der Waals surface area (Å²) in [5, 5.41) is 11.1. The Hall–Kier alpha value is -2.38. The smallest absolute Gasteiger partial charge is 0.280 e. The van der Waals surface area contributed by atoms with Crippen molar-refractivity contribution < 1.29 is 4.79 Å². The van der Waals surface area contributed by atoms with Crippen LogP contribution in [0.5, 0.6) is 0 Å². The second-order valence-corrected chi connectivity index (χ2v) is 6.43. The largest absolute Gasteiger partial charge is 0.382 e. The lowest BCUT2D eigenvalue weighted by Crippen LogP contribution is -2.15. The van der Waals surface area contributed by atoms with Gasteiger partial charge in [-0.1, -0.05) is 50.9 Å². The van der Waals surface area contributed by atoms with Gasteiger partial charge >= 0.3 is 0 Å². The summed E-state index contributed by atoms with van der Waals surface area (Å²) in [6.45, 7) is 0.419. The lowest BCUT2D eigenvalue weighted by atomic mass is 10.2. The van der Waals surface area contributed by atoms with Gasteiger partial charge in [0.15, 0.2) is 11.5 Å². The molecular weight excluding hydrogens is 394 g/mol. The van der Waals surface area contributed by atoms with Crippen LogP contribution in [0, 0.1) is 0 Å². The Morgan fingerprint density at radius 2 is 2.04 bits per heavy atom. The third kappa shape index (κ3) is 3.74. The summed E-state index contributed by atoms with van der Waals surface area (Å²) in [4.78, 5) is 12.3. The zero-order chi connectivity index (χ0) is 17.1. The molecule has 0 aliphatic carbocycles. The van der Waals surface area contributed by atoms with Crippen molar-refractivity contribution in [3.8, 4) is 0 Å². The molecular formula is C16H13BrClN5O. The Bertz CT molecular complexity index is 896. The molecule has 0 aliphatic heterocycles. The fraction of sp³-hybridized carbons (Fsp3) is 0.0625. The molecule has 0 bridgehead atoms. The van der Waals surface area contributed by atoms with E-state index in [-0.39, 0.29) is 11.5 Å². The van der Waals surface area contributed by atoms with E-state index in [1.54, 1.807) is 24.3 Å². The Morgan fingerprint density at radius 1 is 1.25 bits per heavy atom. The van der Waals surface area contributed by atoms with Crippen LogP contribution >= 0.6 is 27.5 Å². The minimum absolute atomic E-state index is 0.0740. The maximum Gasteiger partial charge on any atom is 0.280 e. The number of rotatable bonds is 4. The van der Waals surface area contributed by atoms with E-state index in [9.17, 15) is 4.79 Å². The lowest BCUT2D eigenvalue weighted by Gasteiger charge is -2.06. The van der Waals surface area contributed by atoms with Gasteiger partial charge in [-0.3, -0.25) is 4.79 Å². The van der Waals surface area contributed by atoms with Crippen LogP contribution in [0.3, 0.4) is 0 Å². The number of hydrogen-bond acceptors (Lipinski definition) is 4. The number of carbonyl (C=O) groups excluding carboxylic acids is 1. The van der Waals surface area contributed by atoms with Gasteiger partial charge in [-0.15, -0.1) is 5.10 Å². The van der Waals surface area contributed by atoms with Crippen LogP contribution in [-0.4, -0.2) is 20.9 Å². The van der Waals surface area contributed by atoms with Crippen molar-refractivity contribution in [1.82, 2.24) is 15.0 Å². The van der Waals surface area contributed by atoms with E-state index in [1.165, 1.54) is 4.68 Å². The fourth-order valence-electron chi connectivity index (χ4n) is 2.16. The lowest BCUT2D eigenvalue weighted by molar-refractivity contribution is 0.102. The van der Waals surface area contributed by atoms with E-state index < -0.39 is 5.91 Å². The molecule has 1 aromatic heterocycles. The van der Waals surface area contributed by atoms with Crippen molar-refractivity contribution in [2.24, 2.45) is 0 Å². The number of nitrogens with one attached hydrogen (secondary N) is 1. The third-order valence-corrected chi connectivity index (χ3v) is 4.02. The van der Waals surface area contributed by atoms with Gasteiger partial charge in [0.1, 0.15) is 0 Å². The number of anilines is 2. The number of benzene rings is 2. The third-order valence-electron chi connectivity index (χ3n) is 3.29. The van der Waals surface area contributed by atoms with Gasteiger partial charge in [0.2, 0.25) is 0 Å². The van der Waals surface area contributed by atoms with E-state index in [4.69, 9.17) is 17.3 Å². The standard InChI is InChI=1S/C16H13BrClN5O/c17-11-4-1-3-10(7-11)9-23-15(19)14(21-22-23)16(24)20-13-6-2-5-12(18)8-13/h1-8H,9,19H2,(H,20,24). The summed E-state index contributed by atoms with van der Waals surface area (Å²) in [6, 6.07) is 14.6. The SMILES string of the molecule is Nc1c(C(=O)Nc2cccc(Cl)c2)nnn1Cc1cccc(Br)c1. The van der Waals surface area contributed by atoms with Crippen molar-refractivity contribution in [2.75, 3.05) is 11.1 Å². The molecule has 3 rings (SSSR count). The van der Waals surface area contributed by atoms with Crippen molar-refractivity contribution in [3.05, 3.63) is 69.3 Å². The Morgan fingerprint density at radius 3 is 2.79 bits per heavy atom. The highest BCUT2D eigenvalue weighted by Gasteiger charge is 2.18. The number of carbonyl (C=O) groups is 1. The Labute approximate surface area is 151 Å². The van der Waals surface area contributed by atoms with Gasteiger partial charge in [0, 0.05) is 15.2 Å². The van der Waals surface area contributed by atoms with Crippen LogP contribution in [-0.2, 0) is 6.54 Å². The van der Waals surface area contributed by atoms with Crippen molar-refractivity contribution in [1.29, 1.82) is 0 Å². The number of amides is 1. The average molecular weight is 407 g/mol. The van der Waals surface area contributed by atoms with Crippen LogP contribution in [0.1, 0.15) is 16.1 Å². The molecule has 0 unspecified atom stereocenters. The van der Waals surface area contributed by atoms with Crippen LogP contribution in [0.2, 0.25) is 5.02 Å². The number of aromatic nitrogens is 3. The first-order valence-electron chi connectivity index (χ1n) is 7.03. The van der Waals surface area contributed by atoms with Gasteiger partial charge in [-0.25, -0.2) is 4.68 Å². The molecule has 0 saturated heterocycles. The topological polar surface area (TPSA) is 85.8 Å². The second kappa shape index (κ2) is 7.02. The molecule has 0 fully saturated rings. The average Bonchev–Trinajstić information content (AvgIpc) is 2.88. The maximum atomic E-state index is 12.3. The van der Waals surface area contributed by atoms with Crippen molar-refractivity contribution >= 4 is 44.9 Å². The number of nitrogens with zero attached hydrogens (tertiary/aromatic N) is 3. The molecule has 2 aromatic carbocycles. The molecule has 3 aromatic rings. The highest BCUT2D eigenvalue weighted by atomic mass is 79.9. The highest BCUT2D eigenvalue weighted by molar-refractivity contribution is 9.10. The molecule has 122 valence electrons. The van der Waals surface area contributed by atoms with E-state index in [1.807, 2.05) is 24.3 Å². The summed E-state index contributed by atoms with van der Waals surface area (Å²) in [5.41, 5.74) is 7.64. The molecule has 6 nitrogen and oxygen atoms in total. The molecule has 24 heavy (non-hydrogen) atoms. The summed E-state index contributed by atoms with van der Waals surface area (Å²) < 4.78 is 2.44. The van der Waals surface area contributed by atoms with Gasteiger partial charge in [-0.05, 0) is 35.9 Å². The van der Waals surface area contributed by atoms with Gasteiger partial charge in [0.05, 0.1) is 6.54 Å². The fourth-order valence-corrected chi connectivity index (χ4v) is 2.80. The van der Waals surface area contributed by atoms with Crippen LogP contribution in [0.25, 0.3) is 0 Å². The highest BCUT2D eigenvalue weighted by Crippen LogP contribution is 2.18. The van der Waals surface area contributed by atoms with Gasteiger partial charge < -0.3 is 11.1 Å². The summed E-state index contributed by atoms with van der Waals surface area (Å²) >= 11 is 9.31. The Kier molecular flexibility index (Phi) is 4.82. The first kappa shape index (κ1) is 16.5. The summed E-state index contributed by atoms with van der Waals surface area (Å²) in [7, 11) is 0. The first-order chi connectivity index (χ1) is 11.5. The predicted octanol–water partition coefficient (Wildman–Crippen LogP) is 3.58. The van der Waals surface area contributed by atoms with E-state index in [0.29, 0.717) is 17.3 Å². The van der Waals surface area contributed by atoms with Crippen molar-refractivity contribution in [2.45, 2.75) is 6.54 Å².